The van der Waals surface area contributed by atoms with Gasteiger partial charge in [-0.2, -0.15) is 0 Å². The molecule has 0 radical (unpaired) electrons. The summed E-state index contributed by atoms with van der Waals surface area (Å²) < 4.78 is 0. The highest BCUT2D eigenvalue weighted by Gasteiger charge is 2.09. The molecule has 0 aliphatic heterocycles. The van der Waals surface area contributed by atoms with E-state index in [-0.39, 0.29) is 6.10 Å². The van der Waals surface area contributed by atoms with Gasteiger partial charge in [-0.25, -0.2) is 15.0 Å². The smallest absolute Gasteiger partial charge is 0.171 e. The number of anilines is 5. The Bertz CT molecular complexity index is 1210. The van der Waals surface area contributed by atoms with Crippen molar-refractivity contribution in [2.45, 2.75) is 38.3 Å². The van der Waals surface area contributed by atoms with Crippen LogP contribution < -0.4 is 22.1 Å². The zero-order valence-corrected chi connectivity index (χ0v) is 18.3. The van der Waals surface area contributed by atoms with Crippen molar-refractivity contribution in [1.29, 1.82) is 0 Å². The first kappa shape index (κ1) is 22.2. The molecule has 0 bridgehead atoms. The number of rotatable bonds is 5. The van der Waals surface area contributed by atoms with Crippen molar-refractivity contribution in [2.24, 2.45) is 0 Å². The lowest BCUT2D eigenvalue weighted by Crippen LogP contribution is -2.08. The molecule has 170 valence electrons. The van der Waals surface area contributed by atoms with Crippen molar-refractivity contribution in [3.8, 4) is 0 Å². The largest absolute Gasteiger partial charge is 0.399 e. The summed E-state index contributed by atoms with van der Waals surface area (Å²) in [7, 11) is 0. The third kappa shape index (κ3) is 6.27. The molecular weight excluding hydrogens is 416 g/mol. The quantitative estimate of drug-likeness (QED) is 0.309. The predicted octanol–water partition coefficient (Wildman–Crippen LogP) is 3.86. The Morgan fingerprint density at radius 3 is 2.55 bits per heavy atom. The number of hydrogen-bond donors (Lipinski definition) is 5. The highest BCUT2D eigenvalue weighted by atomic mass is 16.3. The number of aromatic nitrogens is 4. The van der Waals surface area contributed by atoms with E-state index in [2.05, 4.69) is 36.6 Å². The molecule has 0 saturated heterocycles. The van der Waals surface area contributed by atoms with E-state index in [1.807, 2.05) is 24.3 Å². The molecule has 4 aromatic rings. The zero-order valence-electron chi connectivity index (χ0n) is 18.3. The van der Waals surface area contributed by atoms with Gasteiger partial charge in [-0.15, -0.1) is 0 Å². The number of aliphatic hydroxyl groups excluding tert-OH is 1. The summed E-state index contributed by atoms with van der Waals surface area (Å²) in [6, 6.07) is 13.5. The maximum Gasteiger partial charge on any atom is 0.171 e. The summed E-state index contributed by atoms with van der Waals surface area (Å²) in [6.07, 6.45) is 9.56. The van der Waals surface area contributed by atoms with Gasteiger partial charge >= 0.3 is 0 Å². The van der Waals surface area contributed by atoms with Crippen LogP contribution in [0, 0.1) is 0 Å². The van der Waals surface area contributed by atoms with E-state index in [4.69, 9.17) is 16.6 Å². The fourth-order valence-electron chi connectivity index (χ4n) is 3.56. The summed E-state index contributed by atoms with van der Waals surface area (Å²) in [5.74, 6) is 1.92. The van der Waals surface area contributed by atoms with Crippen LogP contribution in [0.2, 0.25) is 0 Å². The normalized spacial score (nSPS) is 13.4. The lowest BCUT2D eigenvalue weighted by atomic mass is 10.1. The second-order valence-electron chi connectivity index (χ2n) is 7.91. The molecule has 0 amide bonds. The molecule has 3 heterocycles. The van der Waals surface area contributed by atoms with Gasteiger partial charge in [0.25, 0.3) is 0 Å². The molecule has 1 aromatic carbocycles. The number of aliphatic hydroxyl groups is 1. The topological polar surface area (TPSA) is 148 Å². The summed E-state index contributed by atoms with van der Waals surface area (Å²) in [5, 5.41) is 16.1. The Morgan fingerprint density at radius 2 is 1.79 bits per heavy atom. The first-order chi connectivity index (χ1) is 16.1. The Morgan fingerprint density at radius 1 is 0.939 bits per heavy atom. The van der Waals surface area contributed by atoms with Crippen molar-refractivity contribution in [2.75, 3.05) is 22.1 Å². The molecule has 5 rings (SSSR count). The van der Waals surface area contributed by atoms with Crippen molar-refractivity contribution in [1.82, 2.24) is 19.9 Å². The van der Waals surface area contributed by atoms with E-state index in [1.165, 1.54) is 12.8 Å². The van der Waals surface area contributed by atoms with Gasteiger partial charge < -0.3 is 27.2 Å². The molecule has 9 heteroatoms. The van der Waals surface area contributed by atoms with Crippen LogP contribution in [0.25, 0.3) is 10.9 Å². The number of nitrogens with zero attached hydrogens (tertiary/aromatic N) is 4. The van der Waals surface area contributed by atoms with Crippen LogP contribution in [0.4, 0.5) is 29.0 Å². The standard InChI is InChI=1S/C19H18N8.C5H10O/c20-14-5-7-23-16(9-14)26-17-11-24-18(21)19(27-17)25-10-12-3-4-15-13(8-12)2-1-6-22-15;6-5-3-1-2-4-5/h1-9,11H,10H2,(H2,21,24)(H4,20,23,25,26,27);5-6H,1-4H2. The van der Waals surface area contributed by atoms with E-state index in [0.29, 0.717) is 35.5 Å². The van der Waals surface area contributed by atoms with Crippen molar-refractivity contribution >= 4 is 39.9 Å². The molecule has 1 saturated carbocycles. The maximum absolute atomic E-state index is 8.73. The minimum absolute atomic E-state index is 0.0463. The molecule has 1 fully saturated rings. The van der Waals surface area contributed by atoms with Crippen molar-refractivity contribution in [3.63, 3.8) is 0 Å². The second-order valence-corrected chi connectivity index (χ2v) is 7.91. The average molecular weight is 445 g/mol. The van der Waals surface area contributed by atoms with Gasteiger partial charge in [0.05, 0.1) is 17.8 Å². The molecule has 7 N–H and O–H groups in total. The van der Waals surface area contributed by atoms with Gasteiger partial charge in [-0.05, 0) is 42.7 Å². The van der Waals surface area contributed by atoms with Gasteiger partial charge in [0.15, 0.2) is 17.5 Å². The average Bonchev–Trinajstić information content (AvgIpc) is 3.30. The first-order valence-electron chi connectivity index (χ1n) is 10.9. The number of fused-ring (bicyclic) bond motifs is 1. The van der Waals surface area contributed by atoms with Gasteiger partial charge in [0.2, 0.25) is 0 Å². The molecule has 0 unspecified atom stereocenters. The summed E-state index contributed by atoms with van der Waals surface area (Å²) in [5.41, 5.74) is 14.4. The number of benzene rings is 1. The number of pyridine rings is 2. The molecule has 9 nitrogen and oxygen atoms in total. The van der Waals surface area contributed by atoms with Crippen LogP contribution in [0.1, 0.15) is 31.2 Å². The van der Waals surface area contributed by atoms with Gasteiger partial charge in [0, 0.05) is 36.1 Å². The summed E-state index contributed by atoms with van der Waals surface area (Å²) >= 11 is 0. The Balaban J connectivity index is 0.000000376. The number of nitrogens with two attached hydrogens (primary N) is 2. The third-order valence-electron chi connectivity index (χ3n) is 5.29. The predicted molar refractivity (Wildman–Crippen MR) is 132 cm³/mol. The lowest BCUT2D eigenvalue weighted by Gasteiger charge is -2.11. The Kier molecular flexibility index (Phi) is 7.11. The van der Waals surface area contributed by atoms with Gasteiger partial charge in [-0.1, -0.05) is 25.0 Å². The van der Waals surface area contributed by atoms with E-state index in [0.717, 1.165) is 29.3 Å². The SMILES string of the molecule is Nc1ccnc(Nc2cnc(N)c(NCc3ccc4ncccc4c3)n2)c1.OC1CCCC1. The second kappa shape index (κ2) is 10.6. The van der Waals surface area contributed by atoms with Crippen LogP contribution in [-0.2, 0) is 6.54 Å². The molecule has 0 atom stereocenters. The van der Waals surface area contributed by atoms with Crippen molar-refractivity contribution < 1.29 is 5.11 Å². The highest BCUT2D eigenvalue weighted by molar-refractivity contribution is 5.79. The van der Waals surface area contributed by atoms with Crippen LogP contribution in [0.5, 0.6) is 0 Å². The third-order valence-corrected chi connectivity index (χ3v) is 5.29. The molecule has 33 heavy (non-hydrogen) atoms. The molecule has 1 aliphatic carbocycles. The molecule has 3 aromatic heterocycles. The minimum Gasteiger partial charge on any atom is -0.399 e. The lowest BCUT2D eigenvalue weighted by molar-refractivity contribution is 0.183. The molecular formula is C24H28N8O. The fourth-order valence-corrected chi connectivity index (χ4v) is 3.56. The fraction of sp³-hybridized carbons (Fsp3) is 0.250. The minimum atomic E-state index is 0.0463. The number of nitrogen functional groups attached to an aromatic ring is 2. The zero-order chi connectivity index (χ0) is 23.0. The van der Waals surface area contributed by atoms with Gasteiger partial charge in [-0.3, -0.25) is 4.98 Å². The van der Waals surface area contributed by atoms with Crippen LogP contribution >= 0.6 is 0 Å². The monoisotopic (exact) mass is 444 g/mol. The van der Waals surface area contributed by atoms with Crippen LogP contribution in [0.15, 0.2) is 61.1 Å². The van der Waals surface area contributed by atoms with E-state index in [9.17, 15) is 0 Å². The summed E-state index contributed by atoms with van der Waals surface area (Å²) in [4.78, 5) is 17.2. The van der Waals surface area contributed by atoms with Gasteiger partial charge in [0.1, 0.15) is 5.82 Å². The molecule has 1 aliphatic rings. The number of hydrogen-bond acceptors (Lipinski definition) is 9. The number of nitrogens with one attached hydrogen (secondary N) is 2. The Hall–Kier alpha value is -3.98. The summed E-state index contributed by atoms with van der Waals surface area (Å²) in [6.45, 7) is 0.559. The van der Waals surface area contributed by atoms with E-state index in [1.54, 1.807) is 30.7 Å². The maximum atomic E-state index is 8.73. The highest BCUT2D eigenvalue weighted by Crippen LogP contribution is 2.20. The molecule has 0 spiro atoms. The van der Waals surface area contributed by atoms with Crippen molar-refractivity contribution in [3.05, 3.63) is 66.6 Å². The van der Waals surface area contributed by atoms with Crippen LogP contribution in [-0.4, -0.2) is 31.1 Å². The van der Waals surface area contributed by atoms with E-state index >= 15 is 0 Å². The van der Waals surface area contributed by atoms with E-state index < -0.39 is 0 Å². The Labute approximate surface area is 192 Å². The van der Waals surface area contributed by atoms with Crippen LogP contribution in [0.3, 0.4) is 0 Å². The first-order valence-corrected chi connectivity index (χ1v) is 10.9.